The van der Waals surface area contributed by atoms with Crippen molar-refractivity contribution in [2.24, 2.45) is 0 Å². The molecule has 0 radical (unpaired) electrons. The van der Waals surface area contributed by atoms with Gasteiger partial charge in [-0.25, -0.2) is 0 Å². The maximum atomic E-state index is 8.86. The standard InChI is InChI=1S/C10H14ClNO/c11-6-10(8-13)12-7-9-4-2-1-3-5-9/h1-5,10,12-13H,6-8H2. The minimum Gasteiger partial charge on any atom is -0.395 e. The molecule has 1 unspecified atom stereocenters. The maximum Gasteiger partial charge on any atom is 0.0596 e. The van der Waals surface area contributed by atoms with Crippen molar-refractivity contribution in [3.05, 3.63) is 35.9 Å². The van der Waals surface area contributed by atoms with Gasteiger partial charge in [-0.1, -0.05) is 30.3 Å². The summed E-state index contributed by atoms with van der Waals surface area (Å²) in [5.41, 5.74) is 1.20. The van der Waals surface area contributed by atoms with Crippen LogP contribution < -0.4 is 5.32 Å². The van der Waals surface area contributed by atoms with Crippen molar-refractivity contribution >= 4 is 11.6 Å². The normalized spacial score (nSPS) is 12.8. The van der Waals surface area contributed by atoms with Gasteiger partial charge < -0.3 is 10.4 Å². The molecule has 0 saturated heterocycles. The first kappa shape index (κ1) is 10.5. The highest BCUT2D eigenvalue weighted by atomic mass is 35.5. The van der Waals surface area contributed by atoms with Crippen LogP contribution in [0.4, 0.5) is 0 Å². The molecule has 2 N–H and O–H groups in total. The van der Waals surface area contributed by atoms with Crippen molar-refractivity contribution in [3.8, 4) is 0 Å². The second-order valence-electron chi connectivity index (χ2n) is 2.90. The summed E-state index contributed by atoms with van der Waals surface area (Å²) >= 11 is 5.61. The summed E-state index contributed by atoms with van der Waals surface area (Å²) in [6, 6.07) is 10.0. The lowest BCUT2D eigenvalue weighted by Gasteiger charge is -2.12. The lowest BCUT2D eigenvalue weighted by atomic mass is 10.2. The van der Waals surface area contributed by atoms with Crippen molar-refractivity contribution in [1.29, 1.82) is 0 Å². The zero-order valence-electron chi connectivity index (χ0n) is 7.41. The third kappa shape index (κ3) is 3.77. The molecule has 1 aromatic carbocycles. The SMILES string of the molecule is OCC(CCl)NCc1ccccc1. The molecule has 13 heavy (non-hydrogen) atoms. The van der Waals surface area contributed by atoms with E-state index in [0.717, 1.165) is 6.54 Å². The number of halogens is 1. The van der Waals surface area contributed by atoms with Crippen molar-refractivity contribution in [1.82, 2.24) is 5.32 Å². The Morgan fingerprint density at radius 3 is 2.54 bits per heavy atom. The predicted octanol–water partition coefficient (Wildman–Crippen LogP) is 1.38. The van der Waals surface area contributed by atoms with Gasteiger partial charge in [-0.15, -0.1) is 11.6 Å². The number of rotatable bonds is 5. The summed E-state index contributed by atoms with van der Waals surface area (Å²) in [4.78, 5) is 0. The number of alkyl halides is 1. The van der Waals surface area contributed by atoms with E-state index in [-0.39, 0.29) is 12.6 Å². The van der Waals surface area contributed by atoms with E-state index < -0.39 is 0 Å². The molecule has 3 heteroatoms. The van der Waals surface area contributed by atoms with Gasteiger partial charge in [0, 0.05) is 18.5 Å². The molecule has 2 nitrogen and oxygen atoms in total. The van der Waals surface area contributed by atoms with E-state index in [1.165, 1.54) is 5.56 Å². The van der Waals surface area contributed by atoms with E-state index in [9.17, 15) is 0 Å². The average molecular weight is 200 g/mol. The number of aliphatic hydroxyl groups is 1. The number of aliphatic hydroxyl groups excluding tert-OH is 1. The third-order valence-electron chi connectivity index (χ3n) is 1.84. The predicted molar refractivity (Wildman–Crippen MR) is 54.9 cm³/mol. The summed E-state index contributed by atoms with van der Waals surface area (Å²) < 4.78 is 0. The third-order valence-corrected chi connectivity index (χ3v) is 2.22. The maximum absolute atomic E-state index is 8.86. The van der Waals surface area contributed by atoms with Crippen LogP contribution in [0, 0.1) is 0 Å². The molecule has 0 aliphatic carbocycles. The Kier molecular flexibility index (Phi) is 4.83. The molecule has 0 spiro atoms. The molecule has 0 heterocycles. The summed E-state index contributed by atoms with van der Waals surface area (Å²) in [6.45, 7) is 0.828. The van der Waals surface area contributed by atoms with Crippen LogP contribution in [0.1, 0.15) is 5.56 Å². The second kappa shape index (κ2) is 5.97. The largest absolute Gasteiger partial charge is 0.395 e. The van der Waals surface area contributed by atoms with Crippen molar-refractivity contribution in [2.75, 3.05) is 12.5 Å². The topological polar surface area (TPSA) is 32.3 Å². The molecule has 0 amide bonds. The van der Waals surface area contributed by atoms with E-state index in [0.29, 0.717) is 5.88 Å². The van der Waals surface area contributed by atoms with Crippen LogP contribution in [0.5, 0.6) is 0 Å². The molecule has 0 bridgehead atoms. The molecular weight excluding hydrogens is 186 g/mol. The van der Waals surface area contributed by atoms with Gasteiger partial charge in [0.1, 0.15) is 0 Å². The highest BCUT2D eigenvalue weighted by Gasteiger charge is 2.03. The smallest absolute Gasteiger partial charge is 0.0596 e. The molecule has 1 rings (SSSR count). The fraction of sp³-hybridized carbons (Fsp3) is 0.400. The van der Waals surface area contributed by atoms with Crippen LogP contribution in [0.25, 0.3) is 0 Å². The summed E-state index contributed by atoms with van der Waals surface area (Å²) in [6.07, 6.45) is 0. The van der Waals surface area contributed by atoms with Crippen molar-refractivity contribution in [3.63, 3.8) is 0 Å². The number of benzene rings is 1. The molecule has 0 fully saturated rings. The van der Waals surface area contributed by atoms with Crippen molar-refractivity contribution in [2.45, 2.75) is 12.6 Å². The molecule has 1 aromatic rings. The summed E-state index contributed by atoms with van der Waals surface area (Å²) in [5, 5.41) is 12.0. The Hall–Kier alpha value is -0.570. The molecule has 0 aromatic heterocycles. The Bertz CT molecular complexity index is 224. The van der Waals surface area contributed by atoms with Gasteiger partial charge in [0.05, 0.1) is 6.61 Å². The van der Waals surface area contributed by atoms with Gasteiger partial charge in [0.2, 0.25) is 0 Å². The second-order valence-corrected chi connectivity index (χ2v) is 3.21. The number of hydrogen-bond acceptors (Lipinski definition) is 2. The first-order valence-electron chi connectivity index (χ1n) is 4.31. The van der Waals surface area contributed by atoms with Crippen LogP contribution in [-0.2, 0) is 6.54 Å². The monoisotopic (exact) mass is 199 g/mol. The van der Waals surface area contributed by atoms with Gasteiger partial charge in [-0.05, 0) is 5.56 Å². The quantitative estimate of drug-likeness (QED) is 0.703. The van der Waals surface area contributed by atoms with Gasteiger partial charge >= 0.3 is 0 Å². The zero-order chi connectivity index (χ0) is 9.52. The average Bonchev–Trinajstić information content (AvgIpc) is 2.21. The Morgan fingerprint density at radius 1 is 1.31 bits per heavy atom. The van der Waals surface area contributed by atoms with Gasteiger partial charge in [0.15, 0.2) is 0 Å². The van der Waals surface area contributed by atoms with E-state index in [4.69, 9.17) is 16.7 Å². The molecule has 72 valence electrons. The van der Waals surface area contributed by atoms with E-state index in [1.807, 2.05) is 30.3 Å². The van der Waals surface area contributed by atoms with Gasteiger partial charge in [0.25, 0.3) is 0 Å². The molecule has 0 aliphatic heterocycles. The molecule has 0 aliphatic rings. The zero-order valence-corrected chi connectivity index (χ0v) is 8.17. The highest BCUT2D eigenvalue weighted by Crippen LogP contribution is 1.98. The minimum atomic E-state index is -0.0122. The Balaban J connectivity index is 2.34. The van der Waals surface area contributed by atoms with E-state index in [2.05, 4.69) is 5.32 Å². The lowest BCUT2D eigenvalue weighted by Crippen LogP contribution is -2.33. The molecule has 0 saturated carbocycles. The van der Waals surface area contributed by atoms with Gasteiger partial charge in [-0.3, -0.25) is 0 Å². The van der Waals surface area contributed by atoms with Gasteiger partial charge in [-0.2, -0.15) is 0 Å². The van der Waals surface area contributed by atoms with Crippen LogP contribution in [0.3, 0.4) is 0 Å². The lowest BCUT2D eigenvalue weighted by molar-refractivity contribution is 0.252. The Morgan fingerprint density at radius 2 is 2.00 bits per heavy atom. The van der Waals surface area contributed by atoms with E-state index >= 15 is 0 Å². The first-order chi connectivity index (χ1) is 6.36. The minimum absolute atomic E-state index is 0.0122. The summed E-state index contributed by atoms with van der Waals surface area (Å²) in [7, 11) is 0. The Labute approximate surface area is 83.5 Å². The highest BCUT2D eigenvalue weighted by molar-refractivity contribution is 6.18. The van der Waals surface area contributed by atoms with Crippen LogP contribution >= 0.6 is 11.6 Å². The van der Waals surface area contributed by atoms with Crippen LogP contribution in [0.15, 0.2) is 30.3 Å². The fourth-order valence-electron chi connectivity index (χ4n) is 1.03. The molecular formula is C10H14ClNO. The fourth-order valence-corrected chi connectivity index (χ4v) is 1.23. The van der Waals surface area contributed by atoms with E-state index in [1.54, 1.807) is 0 Å². The van der Waals surface area contributed by atoms with Crippen LogP contribution in [-0.4, -0.2) is 23.6 Å². The van der Waals surface area contributed by atoms with Crippen molar-refractivity contribution < 1.29 is 5.11 Å². The molecule has 1 atom stereocenters. The first-order valence-corrected chi connectivity index (χ1v) is 4.84. The van der Waals surface area contributed by atoms with Crippen LogP contribution in [0.2, 0.25) is 0 Å². The summed E-state index contributed by atoms with van der Waals surface area (Å²) in [5.74, 6) is 0.434. The number of hydrogen-bond donors (Lipinski definition) is 2. The number of nitrogens with one attached hydrogen (secondary N) is 1.